The number of aliphatic hydroxyl groups excluding tert-OH is 6. The zero-order valence-electron chi connectivity index (χ0n) is 28.8. The van der Waals surface area contributed by atoms with E-state index in [9.17, 15) is 50.4 Å². The van der Waals surface area contributed by atoms with Crippen LogP contribution in [0.4, 0.5) is 0 Å². The Kier molecular flexibility index (Phi) is 13.8. The highest BCUT2D eigenvalue weighted by atomic mass is 16.8. The summed E-state index contributed by atoms with van der Waals surface area (Å²) in [4.78, 5) is 26.0. The van der Waals surface area contributed by atoms with Crippen molar-refractivity contribution in [1.29, 1.82) is 0 Å². The molecule has 2 aromatic carbocycles. The number of ether oxygens (including phenoxy) is 5. The minimum absolute atomic E-state index is 0.0645. The van der Waals surface area contributed by atoms with E-state index in [0.29, 0.717) is 35.8 Å². The van der Waals surface area contributed by atoms with E-state index in [4.69, 9.17) is 23.7 Å². The lowest BCUT2D eigenvalue weighted by atomic mass is 9.97. The molecule has 2 fully saturated rings. The van der Waals surface area contributed by atoms with E-state index in [2.05, 4.69) is 10.6 Å². The molecule has 0 saturated carbocycles. The summed E-state index contributed by atoms with van der Waals surface area (Å²) in [5.41, 5.74) is 0.671. The second kappa shape index (κ2) is 17.6. The van der Waals surface area contributed by atoms with Gasteiger partial charge in [0.05, 0.1) is 24.3 Å². The van der Waals surface area contributed by atoms with Crippen LogP contribution in [0.2, 0.25) is 0 Å². The van der Waals surface area contributed by atoms with Gasteiger partial charge in [-0.05, 0) is 49.9 Å². The quantitative estimate of drug-likeness (QED) is 0.113. The highest BCUT2D eigenvalue weighted by Gasteiger charge is 2.50. The molecule has 0 spiro atoms. The zero-order chi connectivity index (χ0) is 37.6. The number of rotatable bonds is 14. The van der Waals surface area contributed by atoms with Gasteiger partial charge in [-0.25, -0.2) is 0 Å². The van der Waals surface area contributed by atoms with Crippen molar-refractivity contribution in [3.8, 4) is 23.0 Å². The minimum Gasteiger partial charge on any atom is -0.507 e. The third-order valence-corrected chi connectivity index (χ3v) is 8.51. The van der Waals surface area contributed by atoms with Gasteiger partial charge in [-0.15, -0.1) is 0 Å². The summed E-state index contributed by atoms with van der Waals surface area (Å²) >= 11 is 0. The van der Waals surface area contributed by atoms with Crippen molar-refractivity contribution in [1.82, 2.24) is 10.6 Å². The summed E-state index contributed by atoms with van der Waals surface area (Å²) in [6, 6.07) is 5.73. The van der Waals surface area contributed by atoms with Crippen LogP contribution >= 0.6 is 0 Å². The Hall–Kier alpha value is -3.78. The third kappa shape index (κ3) is 9.37. The van der Waals surface area contributed by atoms with E-state index in [1.54, 1.807) is 26.0 Å². The fourth-order valence-corrected chi connectivity index (χ4v) is 5.76. The van der Waals surface area contributed by atoms with Gasteiger partial charge in [-0.1, -0.05) is 13.8 Å². The van der Waals surface area contributed by atoms with Gasteiger partial charge in [0.25, 0.3) is 11.8 Å². The molecule has 2 aromatic rings. The Balaban J connectivity index is 1.40. The SMILES string of the molecule is CCCOc1cc(C)c(C(=O)NC[C@H]2O[C@H](O[C@H]3O[C@H](CNC(=O)c4c(C)cc(OCCC)cc4O)[C@@H](O)[C@H](O)[C@H]3O)[C@H](O)[C@@H](O)[C@@H]2O)c(O)c1. The number of aryl methyl sites for hydroxylation is 2. The Morgan fingerprint density at radius 3 is 1.33 bits per heavy atom. The maximum absolute atomic E-state index is 13.0. The Morgan fingerprint density at radius 1 is 0.627 bits per heavy atom. The fourth-order valence-electron chi connectivity index (χ4n) is 5.76. The van der Waals surface area contributed by atoms with Crippen LogP contribution in [0.3, 0.4) is 0 Å². The summed E-state index contributed by atoms with van der Waals surface area (Å²) in [7, 11) is 0. The molecule has 0 aliphatic carbocycles. The van der Waals surface area contributed by atoms with Crippen LogP contribution in [0.15, 0.2) is 24.3 Å². The number of phenolic OH excluding ortho intramolecular Hbond substituents is 2. The van der Waals surface area contributed by atoms with Gasteiger partial charge in [0.2, 0.25) is 0 Å². The first-order valence-corrected chi connectivity index (χ1v) is 16.7. The molecule has 51 heavy (non-hydrogen) atoms. The van der Waals surface area contributed by atoms with Gasteiger partial charge in [0, 0.05) is 25.2 Å². The van der Waals surface area contributed by atoms with Crippen LogP contribution in [-0.2, 0) is 14.2 Å². The number of carbonyl (C=O) groups is 2. The van der Waals surface area contributed by atoms with Crippen molar-refractivity contribution in [2.24, 2.45) is 0 Å². The van der Waals surface area contributed by atoms with Crippen LogP contribution in [0.1, 0.15) is 58.5 Å². The van der Waals surface area contributed by atoms with E-state index in [-0.39, 0.29) is 22.6 Å². The average Bonchev–Trinajstić information content (AvgIpc) is 3.08. The van der Waals surface area contributed by atoms with Gasteiger partial charge in [0.1, 0.15) is 71.8 Å². The molecule has 2 amide bonds. The fraction of sp³-hybridized carbons (Fsp3) is 0.588. The molecule has 2 heterocycles. The maximum Gasteiger partial charge on any atom is 0.255 e. The molecule has 0 radical (unpaired) electrons. The number of amides is 2. The second-order valence-corrected chi connectivity index (χ2v) is 12.6. The van der Waals surface area contributed by atoms with E-state index >= 15 is 0 Å². The van der Waals surface area contributed by atoms with Gasteiger partial charge in [0.15, 0.2) is 12.6 Å². The molecule has 10 N–H and O–H groups in total. The van der Waals surface area contributed by atoms with Gasteiger partial charge < -0.3 is 75.2 Å². The largest absolute Gasteiger partial charge is 0.507 e. The molecule has 0 unspecified atom stereocenters. The number of hydrogen-bond acceptors (Lipinski definition) is 15. The van der Waals surface area contributed by atoms with Gasteiger partial charge in [-0.3, -0.25) is 9.59 Å². The van der Waals surface area contributed by atoms with Gasteiger partial charge >= 0.3 is 0 Å². The molecular weight excluding hydrogens is 676 g/mol. The summed E-state index contributed by atoms with van der Waals surface area (Å²) in [6.45, 7) is 6.97. The van der Waals surface area contributed by atoms with Crippen LogP contribution in [0.25, 0.3) is 0 Å². The minimum atomic E-state index is -1.90. The van der Waals surface area contributed by atoms with Gasteiger partial charge in [-0.2, -0.15) is 0 Å². The summed E-state index contributed by atoms with van der Waals surface area (Å²) < 4.78 is 27.9. The number of aromatic hydroxyl groups is 2. The first-order valence-electron chi connectivity index (χ1n) is 16.7. The molecule has 17 heteroatoms. The molecule has 284 valence electrons. The first-order chi connectivity index (χ1) is 24.2. The smallest absolute Gasteiger partial charge is 0.255 e. The van der Waals surface area contributed by atoms with Crippen molar-refractivity contribution in [2.45, 2.75) is 102 Å². The number of aliphatic hydroxyl groups is 6. The summed E-state index contributed by atoms with van der Waals surface area (Å²) in [6.07, 6.45) is -15.8. The molecule has 0 aromatic heterocycles. The lowest BCUT2D eigenvalue weighted by molar-refractivity contribution is -0.372. The predicted octanol–water partition coefficient (Wildman–Crippen LogP) is -0.916. The Labute approximate surface area is 294 Å². The van der Waals surface area contributed by atoms with Crippen molar-refractivity contribution in [3.05, 3.63) is 46.5 Å². The average molecular weight is 725 g/mol. The normalized spacial score (nSPS) is 29.3. The van der Waals surface area contributed by atoms with Crippen molar-refractivity contribution in [3.63, 3.8) is 0 Å². The predicted molar refractivity (Wildman–Crippen MR) is 176 cm³/mol. The monoisotopic (exact) mass is 724 g/mol. The maximum atomic E-state index is 13.0. The van der Waals surface area contributed by atoms with Crippen LogP contribution in [-0.4, -0.2) is 140 Å². The highest BCUT2D eigenvalue weighted by Crippen LogP contribution is 2.31. The lowest BCUT2D eigenvalue weighted by Gasteiger charge is -2.45. The second-order valence-electron chi connectivity index (χ2n) is 12.6. The van der Waals surface area contributed by atoms with Crippen LogP contribution < -0.4 is 20.1 Å². The van der Waals surface area contributed by atoms with Crippen LogP contribution in [0.5, 0.6) is 23.0 Å². The first kappa shape index (κ1) is 40.0. The lowest BCUT2D eigenvalue weighted by Crippen LogP contribution is -2.64. The van der Waals surface area contributed by atoms with E-state index < -0.39 is 86.3 Å². The van der Waals surface area contributed by atoms with Crippen molar-refractivity contribution >= 4 is 11.8 Å². The topological polar surface area (TPSA) is 266 Å². The summed E-state index contributed by atoms with van der Waals surface area (Å²) in [5, 5.41) is 89.5. The number of phenols is 2. The molecule has 2 aliphatic heterocycles. The van der Waals surface area contributed by atoms with Crippen molar-refractivity contribution in [2.75, 3.05) is 26.3 Å². The Morgan fingerprint density at radius 2 is 1.00 bits per heavy atom. The molecule has 10 atom stereocenters. The number of carbonyl (C=O) groups excluding carboxylic acids is 2. The molecular formula is C34H48N2O15. The Bertz CT molecular complexity index is 1350. The third-order valence-electron chi connectivity index (χ3n) is 8.51. The number of nitrogens with one attached hydrogen (secondary N) is 2. The molecule has 4 rings (SSSR count). The highest BCUT2D eigenvalue weighted by molar-refractivity contribution is 5.99. The number of hydrogen-bond donors (Lipinski definition) is 10. The standard InChI is InChI=1S/C34H48N2O15/c1-5-7-47-17-9-15(3)23(19(37)11-17)31(45)35-13-21-25(39)27(41)29(43)33(49-21)51-34-30(44)28(42)26(40)22(50-34)14-36-32(46)24-16(4)10-18(12-20(24)38)48-8-6-2/h9-12,21-22,25-30,33-34,37-44H,5-8,13-14H2,1-4H3,(H,35,45)(H,36,46)/t21-,22-,25-,26-,27+,28+,29-,30-,33-,34-/m1/s1. The zero-order valence-corrected chi connectivity index (χ0v) is 28.8. The number of benzene rings is 2. The van der Waals surface area contributed by atoms with Crippen LogP contribution in [0, 0.1) is 13.8 Å². The van der Waals surface area contributed by atoms with E-state index in [1.165, 1.54) is 12.1 Å². The molecule has 2 saturated heterocycles. The molecule has 17 nitrogen and oxygen atoms in total. The molecule has 0 bridgehead atoms. The van der Waals surface area contributed by atoms with E-state index in [1.807, 2.05) is 13.8 Å². The van der Waals surface area contributed by atoms with Crippen molar-refractivity contribution < 1.29 is 74.1 Å². The van der Waals surface area contributed by atoms with E-state index in [0.717, 1.165) is 12.8 Å². The summed E-state index contributed by atoms with van der Waals surface area (Å²) in [5.74, 6) is -1.43. The molecule has 2 aliphatic rings.